The highest BCUT2D eigenvalue weighted by Gasteiger charge is 2.20. The summed E-state index contributed by atoms with van der Waals surface area (Å²) in [7, 11) is -3.61. The molecule has 0 aromatic heterocycles. The maximum Gasteiger partial charge on any atom is 0.271 e. The first-order chi connectivity index (χ1) is 19.7. The van der Waals surface area contributed by atoms with Crippen molar-refractivity contribution in [1.82, 2.24) is 10.7 Å². The van der Waals surface area contributed by atoms with Crippen LogP contribution in [0.4, 0.5) is 5.69 Å². The molecular weight excluding hydrogens is 568 g/mol. The number of carbonyl (C=O) groups is 2. The maximum absolute atomic E-state index is 12.5. The molecule has 2 amide bonds. The number of hydrogen-bond acceptors (Lipinski definition) is 7. The van der Waals surface area contributed by atoms with Crippen molar-refractivity contribution < 1.29 is 27.5 Å². The lowest BCUT2D eigenvalue weighted by atomic mass is 10.2. The minimum Gasteiger partial charge on any atom is -0.484 e. The van der Waals surface area contributed by atoms with Gasteiger partial charge in [-0.1, -0.05) is 29.8 Å². The molecule has 41 heavy (non-hydrogen) atoms. The van der Waals surface area contributed by atoms with Gasteiger partial charge >= 0.3 is 0 Å². The number of ether oxygens (including phenoxy) is 2. The van der Waals surface area contributed by atoms with Crippen LogP contribution in [0.2, 0.25) is 5.02 Å². The monoisotopic (exact) mass is 598 g/mol. The van der Waals surface area contributed by atoms with Crippen LogP contribution in [-0.2, 0) is 26.1 Å². The summed E-state index contributed by atoms with van der Waals surface area (Å²) in [4.78, 5) is 24.5. The fourth-order valence-corrected chi connectivity index (χ4v) is 5.15. The van der Waals surface area contributed by atoms with Crippen molar-refractivity contribution >= 4 is 45.3 Å². The van der Waals surface area contributed by atoms with Crippen LogP contribution in [-0.4, -0.2) is 58.6 Å². The van der Waals surface area contributed by atoms with Gasteiger partial charge in [-0.25, -0.2) is 13.8 Å². The fourth-order valence-electron chi connectivity index (χ4n) is 4.07. The van der Waals surface area contributed by atoms with Gasteiger partial charge in [0.15, 0.2) is 6.61 Å². The van der Waals surface area contributed by atoms with Crippen molar-refractivity contribution in [3.63, 3.8) is 0 Å². The molecule has 0 spiro atoms. The Morgan fingerprint density at radius 1 is 1.10 bits per heavy atom. The minimum absolute atomic E-state index is 0.0568. The number of benzene rings is 3. The molecular formula is C29H31ClN4O6S. The van der Waals surface area contributed by atoms with Crippen LogP contribution >= 0.6 is 11.6 Å². The second-order valence-corrected chi connectivity index (χ2v) is 11.7. The van der Waals surface area contributed by atoms with E-state index in [0.29, 0.717) is 39.7 Å². The number of hydrogen-bond donors (Lipinski definition) is 2. The molecule has 0 radical (unpaired) electrons. The highest BCUT2D eigenvalue weighted by Crippen LogP contribution is 2.24. The standard InChI is InChI=1S/C29H31ClN4O6S/c1-41(37,38)34(19-23-5-2-3-7-27(23)30)24-12-10-22(11-13-24)29(36)33-32-17-21-8-14-25(15-9-21)40-20-28(35)31-18-26-6-4-16-39-26/h2-3,5,7-15,17,26H,4,6,16,18-20H2,1H3,(H,31,35)(H,33,36). The number of nitrogens with one attached hydrogen (secondary N) is 2. The van der Waals surface area contributed by atoms with Gasteiger partial charge in [-0.15, -0.1) is 0 Å². The van der Waals surface area contributed by atoms with Crippen molar-refractivity contribution in [3.05, 3.63) is 94.5 Å². The van der Waals surface area contributed by atoms with Crippen LogP contribution in [0.15, 0.2) is 77.9 Å². The molecule has 1 heterocycles. The Balaban J connectivity index is 1.27. The average molecular weight is 599 g/mol. The molecule has 10 nitrogen and oxygen atoms in total. The maximum atomic E-state index is 12.5. The number of rotatable bonds is 12. The van der Waals surface area contributed by atoms with Crippen molar-refractivity contribution in [3.8, 4) is 5.75 Å². The van der Waals surface area contributed by atoms with Crippen LogP contribution in [0.5, 0.6) is 5.75 Å². The van der Waals surface area contributed by atoms with Crippen molar-refractivity contribution in [2.75, 3.05) is 30.3 Å². The first kappa shape index (κ1) is 30.0. The van der Waals surface area contributed by atoms with Crippen LogP contribution in [0, 0.1) is 0 Å². The Labute approximate surface area is 244 Å². The fraction of sp³-hybridized carbons (Fsp3) is 0.276. The molecule has 0 bridgehead atoms. The Morgan fingerprint density at radius 3 is 2.49 bits per heavy atom. The first-order valence-corrected chi connectivity index (χ1v) is 15.2. The molecule has 3 aromatic carbocycles. The normalized spacial score (nSPS) is 15.0. The van der Waals surface area contributed by atoms with Gasteiger partial charge in [0.25, 0.3) is 11.8 Å². The minimum atomic E-state index is -3.61. The van der Waals surface area contributed by atoms with Crippen LogP contribution < -0.4 is 19.8 Å². The average Bonchev–Trinajstić information content (AvgIpc) is 3.48. The zero-order chi connectivity index (χ0) is 29.2. The molecule has 1 fully saturated rings. The van der Waals surface area contributed by atoms with Crippen LogP contribution in [0.1, 0.15) is 34.3 Å². The van der Waals surface area contributed by atoms with Gasteiger partial charge in [-0.3, -0.25) is 13.9 Å². The third-order valence-corrected chi connectivity index (χ3v) is 7.78. The molecule has 3 aromatic rings. The number of nitrogens with zero attached hydrogens (tertiary/aromatic N) is 2. The summed E-state index contributed by atoms with van der Waals surface area (Å²) in [5.41, 5.74) is 4.52. The SMILES string of the molecule is CS(=O)(=O)N(Cc1ccccc1Cl)c1ccc(C(=O)NN=Cc2ccc(OCC(=O)NCC3CCCO3)cc2)cc1. The molecule has 0 saturated carbocycles. The van der Waals surface area contributed by atoms with Crippen molar-refractivity contribution in [1.29, 1.82) is 0 Å². The number of hydrazone groups is 1. The second kappa shape index (κ2) is 14.1. The number of anilines is 1. The van der Waals surface area contributed by atoms with Gasteiger partial charge in [-0.2, -0.15) is 5.10 Å². The van der Waals surface area contributed by atoms with Gasteiger partial charge in [-0.05, 0) is 78.6 Å². The van der Waals surface area contributed by atoms with E-state index in [1.165, 1.54) is 22.7 Å². The lowest BCUT2D eigenvalue weighted by Gasteiger charge is -2.23. The number of halogens is 1. The highest BCUT2D eigenvalue weighted by molar-refractivity contribution is 7.92. The van der Waals surface area contributed by atoms with Gasteiger partial charge in [0, 0.05) is 23.7 Å². The lowest BCUT2D eigenvalue weighted by molar-refractivity contribution is -0.123. The van der Waals surface area contributed by atoms with E-state index >= 15 is 0 Å². The molecule has 0 aliphatic carbocycles. The molecule has 12 heteroatoms. The molecule has 2 N–H and O–H groups in total. The molecule has 1 unspecified atom stereocenters. The van der Waals surface area contributed by atoms with Gasteiger partial charge in [0.1, 0.15) is 5.75 Å². The number of carbonyl (C=O) groups excluding carboxylic acids is 2. The largest absolute Gasteiger partial charge is 0.484 e. The quantitative estimate of drug-likeness (QED) is 0.242. The zero-order valence-corrected chi connectivity index (χ0v) is 24.0. The zero-order valence-electron chi connectivity index (χ0n) is 22.5. The summed E-state index contributed by atoms with van der Waals surface area (Å²) >= 11 is 6.22. The lowest BCUT2D eigenvalue weighted by Crippen LogP contribution is -2.35. The van der Waals surface area contributed by atoms with Gasteiger partial charge < -0.3 is 14.8 Å². The van der Waals surface area contributed by atoms with E-state index < -0.39 is 15.9 Å². The molecule has 1 aliphatic heterocycles. The summed E-state index contributed by atoms with van der Waals surface area (Å²) in [6, 6.07) is 20.0. The smallest absolute Gasteiger partial charge is 0.271 e. The van der Waals surface area contributed by atoms with E-state index in [2.05, 4.69) is 15.8 Å². The molecule has 1 atom stereocenters. The summed E-state index contributed by atoms with van der Waals surface area (Å²) in [5, 5.41) is 7.25. The van der Waals surface area contributed by atoms with Crippen molar-refractivity contribution in [2.24, 2.45) is 5.10 Å². The Bertz CT molecular complexity index is 1470. The van der Waals surface area contributed by atoms with Crippen molar-refractivity contribution in [2.45, 2.75) is 25.5 Å². The molecule has 1 aliphatic rings. The summed E-state index contributed by atoms with van der Waals surface area (Å²) in [6.45, 7) is 1.18. The van der Waals surface area contributed by atoms with E-state index in [1.54, 1.807) is 60.7 Å². The third kappa shape index (κ3) is 9.04. The topological polar surface area (TPSA) is 126 Å². The van der Waals surface area contributed by atoms with Gasteiger partial charge in [0.2, 0.25) is 10.0 Å². The van der Waals surface area contributed by atoms with Gasteiger partial charge in [0.05, 0.1) is 30.8 Å². The number of amides is 2. The van der Waals surface area contributed by atoms with E-state index in [4.69, 9.17) is 21.1 Å². The Morgan fingerprint density at radius 2 is 1.83 bits per heavy atom. The van der Waals surface area contributed by atoms with E-state index in [-0.39, 0.29) is 25.2 Å². The summed E-state index contributed by atoms with van der Waals surface area (Å²) < 4.78 is 37.1. The predicted octanol–water partition coefficient (Wildman–Crippen LogP) is 3.74. The van der Waals surface area contributed by atoms with Crippen LogP contribution in [0.25, 0.3) is 0 Å². The molecule has 216 valence electrons. The van der Waals surface area contributed by atoms with E-state index in [0.717, 1.165) is 25.7 Å². The Kier molecular flexibility index (Phi) is 10.3. The highest BCUT2D eigenvalue weighted by atomic mass is 35.5. The van der Waals surface area contributed by atoms with Crippen LogP contribution in [0.3, 0.4) is 0 Å². The first-order valence-electron chi connectivity index (χ1n) is 12.9. The molecule has 1 saturated heterocycles. The van der Waals surface area contributed by atoms with E-state index in [1.807, 2.05) is 0 Å². The second-order valence-electron chi connectivity index (χ2n) is 9.40. The third-order valence-electron chi connectivity index (χ3n) is 6.27. The summed E-state index contributed by atoms with van der Waals surface area (Å²) in [6.07, 6.45) is 4.63. The predicted molar refractivity (Wildman–Crippen MR) is 158 cm³/mol. The number of sulfonamides is 1. The molecule has 4 rings (SSSR count). The Hall–Kier alpha value is -3.93. The van der Waals surface area contributed by atoms with E-state index in [9.17, 15) is 18.0 Å². The summed E-state index contributed by atoms with van der Waals surface area (Å²) in [5.74, 6) is -0.151.